The molecule has 9 heteroatoms. The number of rotatable bonds is 7. The van der Waals surface area contributed by atoms with Crippen molar-refractivity contribution in [3.05, 3.63) is 10.6 Å². The van der Waals surface area contributed by atoms with E-state index in [-0.39, 0.29) is 12.3 Å². The molecule has 0 aliphatic carbocycles. The number of nitrogens with two attached hydrogens (primary N) is 1. The molecule has 2 heterocycles. The smallest absolute Gasteiger partial charge is 0.353 e. The van der Waals surface area contributed by atoms with Gasteiger partial charge in [-0.3, -0.25) is 9.79 Å². The average molecular weight is 343 g/mol. The number of amides is 1. The van der Waals surface area contributed by atoms with E-state index >= 15 is 0 Å². The van der Waals surface area contributed by atoms with Gasteiger partial charge in [0, 0.05) is 16.1 Å². The Kier molecular flexibility index (Phi) is 5.02. The molecule has 1 saturated heterocycles. The standard InChI is InChI=1S/C14H21N3O5S/c1-7(19)8-10-14(2,5-18)11(23-4-3-16-6-15)9(13(21)22)17(10)12(8)20/h6-8,10,18-19H,3-5H2,1-2H3,(H2,15,16)(H,21,22). The highest BCUT2D eigenvalue weighted by Gasteiger charge is 2.66. The van der Waals surface area contributed by atoms with E-state index in [1.165, 1.54) is 29.9 Å². The normalized spacial score (nSPS) is 31.5. The van der Waals surface area contributed by atoms with Gasteiger partial charge in [0.2, 0.25) is 5.91 Å². The van der Waals surface area contributed by atoms with Crippen molar-refractivity contribution in [1.29, 1.82) is 0 Å². The number of aliphatic imine (C=N–C) groups is 1. The van der Waals surface area contributed by atoms with Crippen LogP contribution in [-0.2, 0) is 9.59 Å². The van der Waals surface area contributed by atoms with Crippen LogP contribution in [0.2, 0.25) is 0 Å². The van der Waals surface area contributed by atoms with Crippen LogP contribution in [0.15, 0.2) is 15.6 Å². The van der Waals surface area contributed by atoms with E-state index in [0.717, 1.165) is 0 Å². The van der Waals surface area contributed by atoms with E-state index in [0.29, 0.717) is 17.2 Å². The fraction of sp³-hybridized carbons (Fsp3) is 0.643. The molecule has 23 heavy (non-hydrogen) atoms. The summed E-state index contributed by atoms with van der Waals surface area (Å²) in [6.45, 7) is 3.30. The number of aliphatic hydroxyl groups is 2. The fourth-order valence-electron chi connectivity index (χ4n) is 3.30. The topological polar surface area (TPSA) is 136 Å². The summed E-state index contributed by atoms with van der Waals surface area (Å²) in [7, 11) is 0. The van der Waals surface area contributed by atoms with Crippen LogP contribution in [0.3, 0.4) is 0 Å². The molecule has 5 N–H and O–H groups in total. The second kappa shape index (κ2) is 6.50. The third-order valence-electron chi connectivity index (χ3n) is 4.39. The SMILES string of the molecule is CC(O)C1C(=O)N2C(C(=O)O)=C(SCCN=CN)C(C)(CO)C12. The number of thioether (sulfide) groups is 1. The molecular weight excluding hydrogens is 322 g/mol. The first-order valence-electron chi connectivity index (χ1n) is 7.24. The van der Waals surface area contributed by atoms with Crippen molar-refractivity contribution in [2.45, 2.75) is 26.0 Å². The number of carbonyl (C=O) groups is 2. The number of fused-ring (bicyclic) bond motifs is 1. The van der Waals surface area contributed by atoms with Gasteiger partial charge in [0.25, 0.3) is 0 Å². The van der Waals surface area contributed by atoms with Gasteiger partial charge in [-0.15, -0.1) is 11.8 Å². The number of carboxylic acid groups (broad SMARTS) is 1. The number of aliphatic hydroxyl groups excluding tert-OH is 2. The van der Waals surface area contributed by atoms with Gasteiger partial charge in [-0.2, -0.15) is 0 Å². The van der Waals surface area contributed by atoms with E-state index in [9.17, 15) is 24.9 Å². The van der Waals surface area contributed by atoms with E-state index < -0.39 is 35.4 Å². The second-order valence-electron chi connectivity index (χ2n) is 5.88. The van der Waals surface area contributed by atoms with Crippen LogP contribution < -0.4 is 5.73 Å². The highest BCUT2D eigenvalue weighted by molar-refractivity contribution is 8.03. The van der Waals surface area contributed by atoms with Gasteiger partial charge in [0.05, 0.1) is 37.6 Å². The lowest BCUT2D eigenvalue weighted by Crippen LogP contribution is -2.66. The first-order valence-corrected chi connectivity index (χ1v) is 8.22. The minimum Gasteiger partial charge on any atom is -0.477 e. The Morgan fingerprint density at radius 3 is 2.74 bits per heavy atom. The Bertz CT molecular complexity index is 577. The molecule has 1 amide bonds. The Hall–Kier alpha value is -1.58. The summed E-state index contributed by atoms with van der Waals surface area (Å²) in [5.74, 6) is -1.86. The maximum atomic E-state index is 12.3. The highest BCUT2D eigenvalue weighted by Crippen LogP contribution is 2.57. The minimum atomic E-state index is -1.21. The molecule has 0 spiro atoms. The minimum absolute atomic E-state index is 0.102. The van der Waals surface area contributed by atoms with Crippen LogP contribution in [-0.4, -0.2) is 69.5 Å². The van der Waals surface area contributed by atoms with Crippen molar-refractivity contribution in [2.75, 3.05) is 18.9 Å². The molecule has 4 atom stereocenters. The zero-order valence-electron chi connectivity index (χ0n) is 13.0. The Morgan fingerprint density at radius 2 is 2.26 bits per heavy atom. The first kappa shape index (κ1) is 17.8. The zero-order chi connectivity index (χ0) is 17.4. The van der Waals surface area contributed by atoms with Crippen LogP contribution in [0.4, 0.5) is 0 Å². The molecule has 2 aliphatic rings. The van der Waals surface area contributed by atoms with Gasteiger partial charge in [0.1, 0.15) is 5.70 Å². The summed E-state index contributed by atoms with van der Waals surface area (Å²) in [6.07, 6.45) is 0.267. The van der Waals surface area contributed by atoms with E-state index in [2.05, 4.69) is 4.99 Å². The maximum Gasteiger partial charge on any atom is 0.353 e. The molecule has 2 rings (SSSR count). The number of hydrogen-bond donors (Lipinski definition) is 4. The molecule has 2 aliphatic heterocycles. The van der Waals surface area contributed by atoms with Gasteiger partial charge in [0.15, 0.2) is 0 Å². The number of β-lactam (4-membered cyclic amide) rings is 1. The third-order valence-corrected chi connectivity index (χ3v) is 5.73. The highest BCUT2D eigenvalue weighted by atomic mass is 32.2. The number of carbonyl (C=O) groups excluding carboxylic acids is 1. The molecular formula is C14H21N3O5S. The van der Waals surface area contributed by atoms with Gasteiger partial charge in [-0.25, -0.2) is 4.79 Å². The average Bonchev–Trinajstić information content (AvgIpc) is 2.70. The molecule has 1 fully saturated rings. The van der Waals surface area contributed by atoms with Crippen molar-refractivity contribution in [2.24, 2.45) is 22.1 Å². The summed E-state index contributed by atoms with van der Waals surface area (Å²) in [4.78, 5) is 29.4. The number of aliphatic carboxylic acids is 1. The van der Waals surface area contributed by atoms with Crippen molar-refractivity contribution < 1.29 is 24.9 Å². The Labute approximate surface area is 138 Å². The zero-order valence-corrected chi connectivity index (χ0v) is 13.8. The molecule has 0 bridgehead atoms. The van der Waals surface area contributed by atoms with Gasteiger partial charge >= 0.3 is 5.97 Å². The van der Waals surface area contributed by atoms with Gasteiger partial charge in [-0.1, -0.05) is 6.92 Å². The second-order valence-corrected chi connectivity index (χ2v) is 6.99. The summed E-state index contributed by atoms with van der Waals surface area (Å²) >= 11 is 1.25. The summed E-state index contributed by atoms with van der Waals surface area (Å²) in [5, 5.41) is 29.3. The molecule has 0 aromatic rings. The first-order chi connectivity index (χ1) is 10.8. The van der Waals surface area contributed by atoms with Gasteiger partial charge in [-0.05, 0) is 6.92 Å². The Morgan fingerprint density at radius 1 is 1.61 bits per heavy atom. The van der Waals surface area contributed by atoms with Crippen LogP contribution in [0.5, 0.6) is 0 Å². The predicted octanol–water partition coefficient (Wildman–Crippen LogP) is -0.777. The number of nitrogens with zero attached hydrogens (tertiary/aromatic N) is 2. The molecule has 8 nitrogen and oxygen atoms in total. The van der Waals surface area contributed by atoms with E-state index in [4.69, 9.17) is 5.73 Å². The summed E-state index contributed by atoms with van der Waals surface area (Å²) in [5.41, 5.74) is 4.16. The molecule has 0 aromatic heterocycles. The van der Waals surface area contributed by atoms with Crippen molar-refractivity contribution in [1.82, 2.24) is 4.90 Å². The fourth-order valence-corrected chi connectivity index (χ4v) is 4.54. The number of carboxylic acids is 1. The van der Waals surface area contributed by atoms with E-state index in [1.54, 1.807) is 6.92 Å². The van der Waals surface area contributed by atoms with Crippen molar-refractivity contribution in [3.8, 4) is 0 Å². The monoisotopic (exact) mass is 343 g/mol. The van der Waals surface area contributed by atoms with Crippen LogP contribution >= 0.6 is 11.8 Å². The quantitative estimate of drug-likeness (QED) is 0.206. The third kappa shape index (κ3) is 2.62. The van der Waals surface area contributed by atoms with Gasteiger partial charge < -0.3 is 26.0 Å². The Balaban J connectivity index is 2.39. The van der Waals surface area contributed by atoms with Crippen molar-refractivity contribution in [3.63, 3.8) is 0 Å². The van der Waals surface area contributed by atoms with E-state index in [1.807, 2.05) is 0 Å². The molecule has 0 saturated carbocycles. The number of hydrogen-bond acceptors (Lipinski definition) is 6. The largest absolute Gasteiger partial charge is 0.477 e. The maximum absolute atomic E-state index is 12.3. The van der Waals surface area contributed by atoms with Crippen molar-refractivity contribution >= 4 is 30.0 Å². The van der Waals surface area contributed by atoms with Crippen LogP contribution in [0, 0.1) is 11.3 Å². The lowest BCUT2D eigenvalue weighted by Gasteiger charge is -2.50. The van der Waals surface area contributed by atoms with Crippen LogP contribution in [0.1, 0.15) is 13.8 Å². The molecule has 0 aromatic carbocycles. The molecule has 128 valence electrons. The summed E-state index contributed by atoms with van der Waals surface area (Å²) in [6, 6.07) is -0.549. The molecule has 4 unspecified atom stereocenters. The van der Waals surface area contributed by atoms with Crippen LogP contribution in [0.25, 0.3) is 0 Å². The predicted molar refractivity (Wildman–Crippen MR) is 85.7 cm³/mol. The lowest BCUT2D eigenvalue weighted by atomic mass is 9.70. The lowest BCUT2D eigenvalue weighted by molar-refractivity contribution is -0.168. The summed E-state index contributed by atoms with van der Waals surface area (Å²) < 4.78 is 0. The molecule has 0 radical (unpaired) electrons.